The maximum absolute atomic E-state index is 14.0. The molecule has 0 bridgehead atoms. The minimum Gasteiger partial charge on any atom is -0.423 e. The van der Waals surface area contributed by atoms with Crippen LogP contribution in [0.3, 0.4) is 0 Å². The van der Waals surface area contributed by atoms with Crippen molar-refractivity contribution in [2.24, 2.45) is 35.5 Å². The summed E-state index contributed by atoms with van der Waals surface area (Å²) in [5.74, 6) is 3.21. The van der Waals surface area contributed by atoms with Gasteiger partial charge >= 0.3 is 5.97 Å². The summed E-state index contributed by atoms with van der Waals surface area (Å²) in [7, 11) is 0. The molecule has 0 spiro atoms. The summed E-state index contributed by atoms with van der Waals surface area (Å²) >= 11 is 0. The molecule has 4 heteroatoms. The highest BCUT2D eigenvalue weighted by Gasteiger charge is 2.39. The Morgan fingerprint density at radius 1 is 0.966 bits per heavy atom. The van der Waals surface area contributed by atoms with Gasteiger partial charge in [-0.25, -0.2) is 4.39 Å². The topological polar surface area (TPSA) is 50.1 Å². The molecular formula is C25H32FNO2. The maximum atomic E-state index is 14.0. The number of hydrogen-bond donors (Lipinski definition) is 0. The van der Waals surface area contributed by atoms with Crippen molar-refractivity contribution in [3.63, 3.8) is 0 Å². The minimum absolute atomic E-state index is 0.0685. The van der Waals surface area contributed by atoms with E-state index in [1.807, 2.05) is 6.07 Å². The van der Waals surface area contributed by atoms with Gasteiger partial charge in [-0.2, -0.15) is 5.26 Å². The minimum atomic E-state index is -0.648. The molecule has 0 saturated heterocycles. The summed E-state index contributed by atoms with van der Waals surface area (Å²) in [6.45, 7) is 2.41. The van der Waals surface area contributed by atoms with E-state index in [9.17, 15) is 9.18 Å². The molecule has 1 aromatic carbocycles. The summed E-state index contributed by atoms with van der Waals surface area (Å²) in [6.07, 6.45) is 12.3. The first-order valence-electron chi connectivity index (χ1n) is 11.4. The van der Waals surface area contributed by atoms with Gasteiger partial charge in [0.2, 0.25) is 0 Å². The van der Waals surface area contributed by atoms with Crippen molar-refractivity contribution in [1.82, 2.24) is 0 Å². The van der Waals surface area contributed by atoms with Gasteiger partial charge < -0.3 is 4.74 Å². The molecule has 3 fully saturated rings. The Hall–Kier alpha value is -1.89. The van der Waals surface area contributed by atoms with E-state index in [1.54, 1.807) is 0 Å². The number of carbonyl (C=O) groups is 1. The van der Waals surface area contributed by atoms with Crippen LogP contribution in [0.4, 0.5) is 4.39 Å². The first-order valence-corrected chi connectivity index (χ1v) is 11.4. The van der Waals surface area contributed by atoms with Gasteiger partial charge in [-0.1, -0.05) is 13.3 Å². The molecule has 0 aliphatic heterocycles. The normalized spacial score (nSPS) is 34.7. The van der Waals surface area contributed by atoms with Crippen LogP contribution in [0.15, 0.2) is 18.2 Å². The molecule has 4 rings (SSSR count). The zero-order chi connectivity index (χ0) is 20.4. The molecule has 4 atom stereocenters. The standard InChI is InChI=1S/C25H32FNO2/c1-16-2-4-22-14-21(10-9-20(22)12-16)18-5-7-19(8-6-18)25(28)29-24-11-3-17(15-27)13-23(24)26/h3,11,13,16,18-22H,2,4-10,12,14H2,1H3. The average molecular weight is 398 g/mol. The van der Waals surface area contributed by atoms with Crippen LogP contribution in [-0.4, -0.2) is 5.97 Å². The molecule has 3 aliphatic rings. The number of hydrogen-bond acceptors (Lipinski definition) is 3. The monoisotopic (exact) mass is 397 g/mol. The van der Waals surface area contributed by atoms with Gasteiger partial charge in [0.05, 0.1) is 17.6 Å². The van der Waals surface area contributed by atoms with Crippen LogP contribution >= 0.6 is 0 Å². The van der Waals surface area contributed by atoms with Crippen molar-refractivity contribution >= 4 is 5.97 Å². The van der Waals surface area contributed by atoms with Crippen LogP contribution in [0.2, 0.25) is 0 Å². The fourth-order valence-corrected chi connectivity index (χ4v) is 6.26. The van der Waals surface area contributed by atoms with Gasteiger partial charge in [0.25, 0.3) is 0 Å². The van der Waals surface area contributed by atoms with Crippen LogP contribution in [0.5, 0.6) is 5.75 Å². The first-order chi connectivity index (χ1) is 14.0. The third-order valence-electron chi connectivity index (χ3n) is 7.96. The Labute approximate surface area is 173 Å². The molecule has 0 N–H and O–H groups in total. The van der Waals surface area contributed by atoms with Crippen molar-refractivity contribution in [3.05, 3.63) is 29.6 Å². The highest BCUT2D eigenvalue weighted by Crippen LogP contribution is 2.49. The Morgan fingerprint density at radius 3 is 2.28 bits per heavy atom. The number of halogens is 1. The largest absolute Gasteiger partial charge is 0.423 e. The lowest BCUT2D eigenvalue weighted by Gasteiger charge is -2.44. The highest BCUT2D eigenvalue weighted by molar-refractivity contribution is 5.75. The second-order valence-electron chi connectivity index (χ2n) is 9.80. The lowest BCUT2D eigenvalue weighted by Crippen LogP contribution is -2.35. The van der Waals surface area contributed by atoms with E-state index in [-0.39, 0.29) is 23.2 Å². The van der Waals surface area contributed by atoms with E-state index in [2.05, 4.69) is 6.92 Å². The van der Waals surface area contributed by atoms with Crippen molar-refractivity contribution in [2.45, 2.75) is 71.1 Å². The fraction of sp³-hybridized carbons (Fsp3) is 0.680. The van der Waals surface area contributed by atoms with Gasteiger partial charge in [0.15, 0.2) is 11.6 Å². The summed E-state index contributed by atoms with van der Waals surface area (Å²) in [6, 6.07) is 5.85. The first kappa shape index (κ1) is 20.4. The van der Waals surface area contributed by atoms with Gasteiger partial charge in [-0.15, -0.1) is 0 Å². The molecule has 3 aliphatic carbocycles. The van der Waals surface area contributed by atoms with Crippen molar-refractivity contribution in [1.29, 1.82) is 5.26 Å². The number of carbonyl (C=O) groups excluding carboxylic acids is 1. The van der Waals surface area contributed by atoms with Crippen LogP contribution in [0.25, 0.3) is 0 Å². The lowest BCUT2D eigenvalue weighted by atomic mass is 9.61. The summed E-state index contributed by atoms with van der Waals surface area (Å²) in [4.78, 5) is 12.5. The number of esters is 1. The van der Waals surface area contributed by atoms with E-state index < -0.39 is 5.82 Å². The van der Waals surface area contributed by atoms with Crippen molar-refractivity contribution in [3.8, 4) is 11.8 Å². The average Bonchev–Trinajstić information content (AvgIpc) is 2.74. The number of nitriles is 1. The number of nitrogens with zero attached hydrogens (tertiary/aromatic N) is 1. The molecule has 1 aromatic rings. The quantitative estimate of drug-likeness (QED) is 0.447. The molecule has 0 radical (unpaired) electrons. The summed E-state index contributed by atoms with van der Waals surface area (Å²) in [5, 5.41) is 8.82. The second-order valence-corrected chi connectivity index (χ2v) is 9.80. The van der Waals surface area contributed by atoms with E-state index >= 15 is 0 Å². The van der Waals surface area contributed by atoms with Crippen molar-refractivity contribution < 1.29 is 13.9 Å². The van der Waals surface area contributed by atoms with Gasteiger partial charge in [-0.05, 0) is 106 Å². The molecule has 4 unspecified atom stereocenters. The highest BCUT2D eigenvalue weighted by atomic mass is 19.1. The Bertz CT molecular complexity index is 778. The summed E-state index contributed by atoms with van der Waals surface area (Å²) in [5.41, 5.74) is 0.227. The smallest absolute Gasteiger partial charge is 0.314 e. The van der Waals surface area contributed by atoms with Gasteiger partial charge in [0.1, 0.15) is 0 Å². The van der Waals surface area contributed by atoms with E-state index in [0.717, 1.165) is 61.3 Å². The molecule has 0 aromatic heterocycles. The Kier molecular flexibility index (Phi) is 6.23. The predicted molar refractivity (Wildman–Crippen MR) is 110 cm³/mol. The zero-order valence-electron chi connectivity index (χ0n) is 17.4. The van der Waals surface area contributed by atoms with Crippen LogP contribution < -0.4 is 4.74 Å². The van der Waals surface area contributed by atoms with E-state index in [4.69, 9.17) is 10.00 Å². The third-order valence-corrected chi connectivity index (χ3v) is 7.96. The van der Waals surface area contributed by atoms with Gasteiger partial charge in [-0.3, -0.25) is 4.79 Å². The molecule has 3 nitrogen and oxygen atoms in total. The zero-order valence-corrected chi connectivity index (χ0v) is 17.4. The molecular weight excluding hydrogens is 365 g/mol. The predicted octanol–water partition coefficient (Wildman–Crippen LogP) is 6.26. The fourth-order valence-electron chi connectivity index (χ4n) is 6.26. The van der Waals surface area contributed by atoms with E-state index in [1.165, 1.54) is 50.7 Å². The SMILES string of the molecule is CC1CCC2CC(C3CCC(C(=O)Oc4ccc(C#N)cc4F)CC3)CCC2C1. The molecule has 3 saturated carbocycles. The number of ether oxygens (including phenoxy) is 1. The van der Waals surface area contributed by atoms with Crippen LogP contribution in [-0.2, 0) is 4.79 Å². The van der Waals surface area contributed by atoms with Crippen LogP contribution in [0, 0.1) is 52.7 Å². The molecule has 156 valence electrons. The number of benzene rings is 1. The summed E-state index contributed by atoms with van der Waals surface area (Å²) < 4.78 is 19.3. The van der Waals surface area contributed by atoms with Crippen LogP contribution in [0.1, 0.15) is 76.7 Å². The molecule has 0 heterocycles. The van der Waals surface area contributed by atoms with Crippen molar-refractivity contribution in [2.75, 3.05) is 0 Å². The lowest BCUT2D eigenvalue weighted by molar-refractivity contribution is -0.140. The Balaban J connectivity index is 1.27. The maximum Gasteiger partial charge on any atom is 0.314 e. The molecule has 0 amide bonds. The van der Waals surface area contributed by atoms with Gasteiger partial charge in [0, 0.05) is 0 Å². The molecule has 29 heavy (non-hydrogen) atoms. The number of fused-ring (bicyclic) bond motifs is 1. The Morgan fingerprint density at radius 2 is 1.59 bits per heavy atom. The second kappa shape index (κ2) is 8.86. The van der Waals surface area contributed by atoms with E-state index in [0.29, 0.717) is 0 Å². The number of rotatable bonds is 3. The third kappa shape index (κ3) is 4.65.